The maximum atomic E-state index is 4.97. The van der Waals surface area contributed by atoms with Crippen molar-refractivity contribution in [2.24, 2.45) is 0 Å². The third-order valence-corrected chi connectivity index (χ3v) is 10.0. The molecular weight excluding hydrogens is 645 g/mol. The molecule has 4 nitrogen and oxygen atoms in total. The predicted molar refractivity (Wildman–Crippen MR) is 219 cm³/mol. The van der Waals surface area contributed by atoms with Gasteiger partial charge in [0.15, 0.2) is 17.5 Å². The molecule has 10 rings (SSSR count). The van der Waals surface area contributed by atoms with Crippen molar-refractivity contribution >= 4 is 32.6 Å². The van der Waals surface area contributed by atoms with Crippen LogP contribution in [0.1, 0.15) is 0 Å². The smallest absolute Gasteiger partial charge is 0.164 e. The zero-order chi connectivity index (χ0) is 35.1. The monoisotopic (exact) mass is 676 g/mol. The van der Waals surface area contributed by atoms with Gasteiger partial charge in [-0.25, -0.2) is 15.0 Å². The Morgan fingerprint density at radius 3 is 1.49 bits per heavy atom. The number of rotatable bonds is 6. The van der Waals surface area contributed by atoms with E-state index in [2.05, 4.69) is 138 Å². The van der Waals surface area contributed by atoms with Crippen molar-refractivity contribution in [2.45, 2.75) is 0 Å². The first kappa shape index (κ1) is 30.6. The molecule has 0 spiro atoms. The summed E-state index contributed by atoms with van der Waals surface area (Å²) in [6.07, 6.45) is 0. The van der Waals surface area contributed by atoms with Crippen molar-refractivity contribution in [2.75, 3.05) is 0 Å². The topological polar surface area (TPSA) is 43.6 Å². The van der Waals surface area contributed by atoms with E-state index >= 15 is 0 Å². The lowest BCUT2D eigenvalue weighted by Crippen LogP contribution is -2.00. The van der Waals surface area contributed by atoms with E-state index in [9.17, 15) is 0 Å². The third kappa shape index (κ3) is 5.54. The third-order valence-electron chi connectivity index (χ3n) is 10.0. The highest BCUT2D eigenvalue weighted by molar-refractivity contribution is 6.21. The van der Waals surface area contributed by atoms with Gasteiger partial charge in [-0.05, 0) is 69.4 Å². The minimum absolute atomic E-state index is 0.645. The van der Waals surface area contributed by atoms with E-state index in [-0.39, 0.29) is 0 Å². The predicted octanol–water partition coefficient (Wildman–Crippen LogP) is 12.5. The van der Waals surface area contributed by atoms with Crippen LogP contribution in [-0.2, 0) is 0 Å². The Morgan fingerprint density at radius 2 is 0.811 bits per heavy atom. The van der Waals surface area contributed by atoms with Crippen LogP contribution in [0.5, 0.6) is 0 Å². The van der Waals surface area contributed by atoms with Gasteiger partial charge in [-0.15, -0.1) is 0 Å². The molecule has 4 heteroatoms. The number of fused-ring (bicyclic) bond motifs is 5. The van der Waals surface area contributed by atoms with E-state index in [1.807, 2.05) is 60.7 Å². The highest BCUT2D eigenvalue weighted by atomic mass is 15.0. The summed E-state index contributed by atoms with van der Waals surface area (Å²) in [7, 11) is 0. The molecule has 0 radical (unpaired) electrons. The van der Waals surface area contributed by atoms with Crippen LogP contribution >= 0.6 is 0 Å². The molecule has 0 bridgehead atoms. The van der Waals surface area contributed by atoms with Gasteiger partial charge in [0.1, 0.15) is 0 Å². The molecule has 0 aliphatic rings. The van der Waals surface area contributed by atoms with Crippen LogP contribution in [0.15, 0.2) is 194 Å². The summed E-state index contributed by atoms with van der Waals surface area (Å²) in [5.74, 6) is 1.95. The van der Waals surface area contributed by atoms with Crippen molar-refractivity contribution in [3.05, 3.63) is 194 Å². The summed E-state index contributed by atoms with van der Waals surface area (Å²) < 4.78 is 2.39. The first-order valence-electron chi connectivity index (χ1n) is 17.9. The van der Waals surface area contributed by atoms with Gasteiger partial charge in [0.05, 0.1) is 11.0 Å². The minimum Gasteiger partial charge on any atom is -0.309 e. The molecule has 0 atom stereocenters. The zero-order valence-corrected chi connectivity index (χ0v) is 28.8. The fourth-order valence-electron chi connectivity index (χ4n) is 7.46. The van der Waals surface area contributed by atoms with Crippen LogP contribution in [0.25, 0.3) is 94.7 Å². The lowest BCUT2D eigenvalue weighted by atomic mass is 9.97. The highest BCUT2D eigenvalue weighted by Crippen LogP contribution is 2.39. The maximum Gasteiger partial charge on any atom is 0.164 e. The van der Waals surface area contributed by atoms with Crippen molar-refractivity contribution in [3.8, 4) is 62.1 Å². The van der Waals surface area contributed by atoms with Gasteiger partial charge < -0.3 is 4.57 Å². The largest absolute Gasteiger partial charge is 0.309 e. The van der Waals surface area contributed by atoms with Crippen LogP contribution in [0, 0.1) is 0 Å². The lowest BCUT2D eigenvalue weighted by Gasteiger charge is -2.11. The summed E-state index contributed by atoms with van der Waals surface area (Å²) in [4.78, 5) is 14.8. The zero-order valence-electron chi connectivity index (χ0n) is 28.8. The summed E-state index contributed by atoms with van der Waals surface area (Å²) in [6.45, 7) is 0. The summed E-state index contributed by atoms with van der Waals surface area (Å²) in [6, 6.07) is 68.2. The molecule has 0 aliphatic carbocycles. The quantitative estimate of drug-likeness (QED) is 0.176. The number of benzene rings is 8. The van der Waals surface area contributed by atoms with Crippen LogP contribution in [0.4, 0.5) is 0 Å². The second-order valence-corrected chi connectivity index (χ2v) is 13.3. The Bertz CT molecular complexity index is 2860. The molecule has 10 aromatic rings. The maximum absolute atomic E-state index is 4.97. The van der Waals surface area contributed by atoms with Crippen LogP contribution in [0.3, 0.4) is 0 Å². The van der Waals surface area contributed by atoms with Gasteiger partial charge in [-0.1, -0.05) is 158 Å². The molecular formula is C49H32N4. The standard InChI is InChI=1S/C49H32N4/c1-4-13-33(14-5-1)34-23-27-41(28-24-34)53-44-22-11-10-21-43(44)46-42-29-25-38(31-39(42)26-30-45(46)53)37-19-12-20-40(32-37)49-51-47(35-15-6-2-7-16-35)50-48(52-49)36-17-8-3-9-18-36/h1-32H. The summed E-state index contributed by atoms with van der Waals surface area (Å²) in [5.41, 5.74) is 11.1. The first-order chi connectivity index (χ1) is 26.3. The van der Waals surface area contributed by atoms with Crippen molar-refractivity contribution in [3.63, 3.8) is 0 Å². The summed E-state index contributed by atoms with van der Waals surface area (Å²) in [5, 5.41) is 4.93. The van der Waals surface area contributed by atoms with Crippen molar-refractivity contribution in [1.82, 2.24) is 19.5 Å². The number of hydrogen-bond donors (Lipinski definition) is 0. The number of hydrogen-bond acceptors (Lipinski definition) is 3. The van der Waals surface area contributed by atoms with Gasteiger partial charge in [-0.3, -0.25) is 0 Å². The number of nitrogens with zero attached hydrogens (tertiary/aromatic N) is 4. The SMILES string of the molecule is c1ccc(-c2ccc(-n3c4ccccc4c4c5ccc(-c6cccc(-c7nc(-c8ccccc8)nc(-c8ccccc8)n7)c6)cc5ccc43)cc2)cc1. The van der Waals surface area contributed by atoms with E-state index in [0.29, 0.717) is 17.5 Å². The van der Waals surface area contributed by atoms with Crippen molar-refractivity contribution < 1.29 is 0 Å². The molecule has 0 N–H and O–H groups in total. The van der Waals surface area contributed by atoms with E-state index in [4.69, 9.17) is 15.0 Å². The first-order valence-corrected chi connectivity index (χ1v) is 17.9. The number of aromatic nitrogens is 4. The van der Waals surface area contributed by atoms with E-state index < -0.39 is 0 Å². The second kappa shape index (κ2) is 12.9. The Labute approximate surface area is 307 Å². The van der Waals surface area contributed by atoms with Crippen LogP contribution in [0.2, 0.25) is 0 Å². The highest BCUT2D eigenvalue weighted by Gasteiger charge is 2.16. The lowest BCUT2D eigenvalue weighted by molar-refractivity contribution is 1.07. The molecule has 53 heavy (non-hydrogen) atoms. The number of para-hydroxylation sites is 1. The van der Waals surface area contributed by atoms with Gasteiger partial charge >= 0.3 is 0 Å². The molecule has 8 aromatic carbocycles. The van der Waals surface area contributed by atoms with Gasteiger partial charge in [-0.2, -0.15) is 0 Å². The fourth-order valence-corrected chi connectivity index (χ4v) is 7.46. The van der Waals surface area contributed by atoms with E-state index in [1.54, 1.807) is 0 Å². The fraction of sp³-hybridized carbons (Fsp3) is 0. The Balaban J connectivity index is 1.06. The average Bonchev–Trinajstić information content (AvgIpc) is 3.59. The summed E-state index contributed by atoms with van der Waals surface area (Å²) >= 11 is 0. The molecule has 248 valence electrons. The van der Waals surface area contributed by atoms with Crippen LogP contribution in [-0.4, -0.2) is 19.5 Å². The molecule has 0 aliphatic heterocycles. The van der Waals surface area contributed by atoms with Crippen molar-refractivity contribution in [1.29, 1.82) is 0 Å². The average molecular weight is 677 g/mol. The molecule has 0 saturated heterocycles. The molecule has 0 fully saturated rings. The minimum atomic E-state index is 0.645. The second-order valence-electron chi connectivity index (χ2n) is 13.3. The molecule has 2 heterocycles. The normalized spacial score (nSPS) is 11.4. The Hall–Kier alpha value is -7.17. The Kier molecular flexibility index (Phi) is 7.43. The Morgan fingerprint density at radius 1 is 0.302 bits per heavy atom. The molecule has 0 unspecified atom stereocenters. The van der Waals surface area contributed by atoms with Gasteiger partial charge in [0, 0.05) is 33.2 Å². The molecule has 2 aromatic heterocycles. The van der Waals surface area contributed by atoms with Gasteiger partial charge in [0.2, 0.25) is 0 Å². The van der Waals surface area contributed by atoms with E-state index in [1.165, 1.54) is 43.7 Å². The molecule has 0 saturated carbocycles. The van der Waals surface area contributed by atoms with Crippen LogP contribution < -0.4 is 0 Å². The van der Waals surface area contributed by atoms with Gasteiger partial charge in [0.25, 0.3) is 0 Å². The van der Waals surface area contributed by atoms with E-state index in [0.717, 1.165) is 33.5 Å². The molecule has 0 amide bonds.